The Bertz CT molecular complexity index is 1130. The normalized spacial score (nSPS) is 18.0. The summed E-state index contributed by atoms with van der Waals surface area (Å²) in [6, 6.07) is 0. The van der Waals surface area contributed by atoms with Crippen molar-refractivity contribution in [3.63, 3.8) is 0 Å². The third-order valence-electron chi connectivity index (χ3n) is 6.22. The fourth-order valence-electron chi connectivity index (χ4n) is 4.40. The van der Waals surface area contributed by atoms with Crippen LogP contribution in [0.25, 0.3) is 10.2 Å². The number of nitrogens with one attached hydrogen (secondary N) is 2. The molecule has 4 rings (SSSR count). The van der Waals surface area contributed by atoms with E-state index in [2.05, 4.69) is 15.3 Å². The van der Waals surface area contributed by atoms with Gasteiger partial charge in [0.05, 0.1) is 17.4 Å². The van der Waals surface area contributed by atoms with E-state index in [9.17, 15) is 18.0 Å². The maximum Gasteiger partial charge on any atom is 0.259 e. The zero-order valence-corrected chi connectivity index (χ0v) is 20.8. The first kappa shape index (κ1) is 23.7. The largest absolute Gasteiger partial charge is 0.356 e. The minimum Gasteiger partial charge on any atom is -0.356 e. The molecule has 1 aliphatic carbocycles. The number of aromatic nitrogens is 2. The number of rotatable bonds is 8. The van der Waals surface area contributed by atoms with Crippen LogP contribution in [0.15, 0.2) is 4.79 Å². The summed E-state index contributed by atoms with van der Waals surface area (Å²) in [6.45, 7) is 1.64. The molecule has 1 saturated heterocycles. The molecule has 2 aliphatic rings. The number of H-pyrrole nitrogens is 1. The quantitative estimate of drug-likeness (QED) is 0.540. The van der Waals surface area contributed by atoms with E-state index in [4.69, 9.17) is 0 Å². The predicted molar refractivity (Wildman–Crippen MR) is 130 cm³/mol. The summed E-state index contributed by atoms with van der Waals surface area (Å²) >= 11 is 3.24. The molecule has 0 atom stereocenters. The van der Waals surface area contributed by atoms with E-state index in [0.29, 0.717) is 49.3 Å². The van der Waals surface area contributed by atoms with Crippen LogP contribution < -0.4 is 10.9 Å². The average Bonchev–Trinajstić information content (AvgIpc) is 3.14. The van der Waals surface area contributed by atoms with E-state index < -0.39 is 10.0 Å². The first-order valence-corrected chi connectivity index (χ1v) is 15.0. The van der Waals surface area contributed by atoms with Gasteiger partial charge < -0.3 is 10.3 Å². The number of nitrogens with zero attached hydrogens (tertiary/aromatic N) is 2. The zero-order valence-electron chi connectivity index (χ0n) is 18.3. The number of sulfonamides is 1. The number of carbonyl (C=O) groups is 1. The van der Waals surface area contributed by atoms with Crippen molar-refractivity contribution >= 4 is 49.2 Å². The van der Waals surface area contributed by atoms with E-state index in [-0.39, 0.29) is 11.5 Å². The van der Waals surface area contributed by atoms with Gasteiger partial charge in [-0.25, -0.2) is 17.7 Å². The molecule has 8 nitrogen and oxygen atoms in total. The van der Waals surface area contributed by atoms with Crippen molar-refractivity contribution in [2.75, 3.05) is 31.6 Å². The van der Waals surface area contributed by atoms with Gasteiger partial charge >= 0.3 is 0 Å². The van der Waals surface area contributed by atoms with Gasteiger partial charge in [-0.05, 0) is 50.0 Å². The second kappa shape index (κ2) is 10.2. The molecule has 32 heavy (non-hydrogen) atoms. The molecule has 0 bridgehead atoms. The molecule has 2 aromatic heterocycles. The smallest absolute Gasteiger partial charge is 0.259 e. The monoisotopic (exact) mass is 498 g/mol. The molecule has 0 radical (unpaired) electrons. The highest BCUT2D eigenvalue weighted by Crippen LogP contribution is 2.33. The lowest BCUT2D eigenvalue weighted by molar-refractivity contribution is -0.120. The van der Waals surface area contributed by atoms with Crippen molar-refractivity contribution < 1.29 is 13.2 Å². The Morgan fingerprint density at radius 2 is 2.03 bits per heavy atom. The average molecular weight is 499 g/mol. The van der Waals surface area contributed by atoms with Crippen LogP contribution in [-0.4, -0.2) is 60.2 Å². The third-order valence-corrected chi connectivity index (χ3v) is 9.68. The molecule has 2 aromatic rings. The van der Waals surface area contributed by atoms with E-state index in [1.54, 1.807) is 23.1 Å². The van der Waals surface area contributed by atoms with Gasteiger partial charge in [-0.1, -0.05) is 0 Å². The number of hydrogen-bond donors (Lipinski definition) is 2. The van der Waals surface area contributed by atoms with Crippen LogP contribution in [0.2, 0.25) is 0 Å². The molecule has 0 saturated carbocycles. The second-order valence-corrected chi connectivity index (χ2v) is 12.8. The lowest BCUT2D eigenvalue weighted by Crippen LogP contribution is -2.41. The first-order chi connectivity index (χ1) is 15.3. The highest BCUT2D eigenvalue weighted by molar-refractivity contribution is 7.98. The molecule has 0 unspecified atom stereocenters. The SMILES string of the molecule is CS(=O)(=O)N1CCC(CNC(=O)CCSCc2nc3sc4c(c3c(=O)[nH]2)CCCC4)CC1. The summed E-state index contributed by atoms with van der Waals surface area (Å²) in [5, 5.41) is 3.75. The van der Waals surface area contributed by atoms with Crippen LogP contribution in [0.3, 0.4) is 0 Å². The molecule has 1 aliphatic heterocycles. The van der Waals surface area contributed by atoms with Crippen molar-refractivity contribution in [2.45, 2.75) is 50.7 Å². The molecule has 0 spiro atoms. The maximum absolute atomic E-state index is 12.6. The molecule has 1 amide bonds. The van der Waals surface area contributed by atoms with Crippen LogP contribution >= 0.6 is 23.1 Å². The molecule has 1 fully saturated rings. The van der Waals surface area contributed by atoms with Gasteiger partial charge in [-0.15, -0.1) is 11.3 Å². The molecule has 0 aromatic carbocycles. The summed E-state index contributed by atoms with van der Waals surface area (Å²) in [4.78, 5) is 34.5. The van der Waals surface area contributed by atoms with Gasteiger partial charge in [0.1, 0.15) is 10.7 Å². The topological polar surface area (TPSA) is 112 Å². The summed E-state index contributed by atoms with van der Waals surface area (Å²) in [5.74, 6) is 2.23. The molecule has 11 heteroatoms. The van der Waals surface area contributed by atoms with Crippen LogP contribution in [0.5, 0.6) is 0 Å². The molecule has 2 N–H and O–H groups in total. The Labute approximate surface area is 196 Å². The number of fused-ring (bicyclic) bond motifs is 3. The van der Waals surface area contributed by atoms with E-state index in [0.717, 1.165) is 42.3 Å². The predicted octanol–water partition coefficient (Wildman–Crippen LogP) is 2.27. The van der Waals surface area contributed by atoms with Gasteiger partial charge in [0.2, 0.25) is 15.9 Å². The van der Waals surface area contributed by atoms with Crippen molar-refractivity contribution in [3.8, 4) is 0 Å². The fraction of sp³-hybridized carbons (Fsp3) is 0.667. The summed E-state index contributed by atoms with van der Waals surface area (Å²) in [7, 11) is -3.12. The molecule has 3 heterocycles. The summed E-state index contributed by atoms with van der Waals surface area (Å²) in [5.41, 5.74) is 1.16. The van der Waals surface area contributed by atoms with Gasteiger partial charge in [-0.2, -0.15) is 11.8 Å². The lowest BCUT2D eigenvalue weighted by Gasteiger charge is -2.30. The minimum atomic E-state index is -3.12. The number of amides is 1. The third kappa shape index (κ3) is 5.73. The first-order valence-electron chi connectivity index (χ1n) is 11.1. The van der Waals surface area contributed by atoms with Crippen molar-refractivity contribution in [1.82, 2.24) is 19.6 Å². The second-order valence-electron chi connectivity index (χ2n) is 8.62. The highest BCUT2D eigenvalue weighted by Gasteiger charge is 2.25. The Balaban J connectivity index is 1.19. The molecular formula is C21H30N4O4S3. The van der Waals surface area contributed by atoms with Gasteiger partial charge in [-0.3, -0.25) is 9.59 Å². The zero-order chi connectivity index (χ0) is 22.7. The number of hydrogen-bond acceptors (Lipinski definition) is 7. The van der Waals surface area contributed by atoms with Gasteiger partial charge in [0, 0.05) is 36.7 Å². The maximum atomic E-state index is 12.6. The number of thiophene rings is 1. The molecule has 176 valence electrons. The Hall–Kier alpha value is -1.43. The number of aryl methyl sites for hydroxylation is 2. The number of carbonyl (C=O) groups excluding carboxylic acids is 1. The van der Waals surface area contributed by atoms with Crippen molar-refractivity contribution in [1.29, 1.82) is 0 Å². The van der Waals surface area contributed by atoms with Gasteiger partial charge in [0.25, 0.3) is 5.56 Å². The summed E-state index contributed by atoms with van der Waals surface area (Å²) in [6.07, 6.45) is 7.54. The van der Waals surface area contributed by atoms with Crippen LogP contribution in [0, 0.1) is 5.92 Å². The lowest BCUT2D eigenvalue weighted by atomic mass is 9.97. The summed E-state index contributed by atoms with van der Waals surface area (Å²) < 4.78 is 24.6. The van der Waals surface area contributed by atoms with E-state index in [1.807, 2.05) is 0 Å². The van der Waals surface area contributed by atoms with Crippen LogP contribution in [0.4, 0.5) is 0 Å². The fourth-order valence-corrected chi connectivity index (χ4v) is 7.36. The van der Waals surface area contributed by atoms with E-state index in [1.165, 1.54) is 27.4 Å². The highest BCUT2D eigenvalue weighted by atomic mass is 32.2. The van der Waals surface area contributed by atoms with Crippen LogP contribution in [0.1, 0.15) is 48.4 Å². The minimum absolute atomic E-state index is 0.00544. The number of thioether (sulfide) groups is 1. The van der Waals surface area contributed by atoms with E-state index >= 15 is 0 Å². The molecular weight excluding hydrogens is 468 g/mol. The Kier molecular flexibility index (Phi) is 7.58. The Morgan fingerprint density at radius 3 is 2.78 bits per heavy atom. The number of piperidine rings is 1. The van der Waals surface area contributed by atoms with Crippen molar-refractivity contribution in [3.05, 3.63) is 26.6 Å². The van der Waals surface area contributed by atoms with Crippen molar-refractivity contribution in [2.24, 2.45) is 5.92 Å². The standard InChI is InChI=1S/C21H30N4O4S3/c1-32(28,29)25-9-6-14(7-10-25)12-22-18(26)8-11-30-13-17-23-20(27)19-15-4-2-3-5-16(15)31-21(19)24-17/h14H,2-13H2,1H3,(H,22,26)(H,23,24,27). The Morgan fingerprint density at radius 1 is 1.28 bits per heavy atom. The number of aromatic amines is 1. The van der Waals surface area contributed by atoms with Crippen LogP contribution in [-0.2, 0) is 33.4 Å². The van der Waals surface area contributed by atoms with Gasteiger partial charge in [0.15, 0.2) is 0 Å².